The number of nitrogens with one attached hydrogen (secondary N) is 1. The number of ether oxygens (including phenoxy) is 2. The molecule has 0 saturated carbocycles. The standard InChI is InChI=1S/C39H38N6O8/c1-42-20-29(25-6-9-40-16-28(25)36(42)48)22-14-31(52-2)34(32(15-22)53-3)39(51)44-10-7-21(8-11-44)17-43-18-23-12-26-27(13-24(23)19-43)38(50)45(37(26)49)30-4-5-33(46)41-35(30)47/h6,9,12-16,20-21,30H,4-5,7-8,10-11,17-19H2,1-3H3,(H,41,46,47). The first-order chi connectivity index (χ1) is 25.6. The molecular weight excluding hydrogens is 680 g/mol. The van der Waals surface area contributed by atoms with E-state index < -0.39 is 29.7 Å². The Labute approximate surface area is 304 Å². The molecule has 0 radical (unpaired) electrons. The van der Waals surface area contributed by atoms with E-state index in [4.69, 9.17) is 9.47 Å². The topological polar surface area (TPSA) is 160 Å². The molecule has 0 bridgehead atoms. The van der Waals surface area contributed by atoms with Gasteiger partial charge in [-0.1, -0.05) is 0 Å². The quantitative estimate of drug-likeness (QED) is 0.282. The molecular formula is C39H38N6O8. The van der Waals surface area contributed by atoms with Crippen LogP contribution in [-0.2, 0) is 29.7 Å². The van der Waals surface area contributed by atoms with Crippen LogP contribution in [0, 0.1) is 5.92 Å². The van der Waals surface area contributed by atoms with Crippen molar-refractivity contribution in [1.29, 1.82) is 0 Å². The molecule has 1 N–H and O–H groups in total. The second-order valence-electron chi connectivity index (χ2n) is 14.2. The van der Waals surface area contributed by atoms with Crippen LogP contribution in [0.3, 0.4) is 0 Å². The van der Waals surface area contributed by atoms with Crippen LogP contribution in [0.4, 0.5) is 0 Å². The number of methoxy groups -OCH3 is 2. The highest BCUT2D eigenvalue weighted by Crippen LogP contribution is 2.39. The zero-order valence-corrected chi connectivity index (χ0v) is 29.6. The number of piperidine rings is 2. The summed E-state index contributed by atoms with van der Waals surface area (Å²) in [5, 5.41) is 3.45. The highest BCUT2D eigenvalue weighted by Gasteiger charge is 2.45. The van der Waals surface area contributed by atoms with E-state index in [9.17, 15) is 28.8 Å². The summed E-state index contributed by atoms with van der Waals surface area (Å²) >= 11 is 0. The summed E-state index contributed by atoms with van der Waals surface area (Å²) in [6.07, 6.45) is 6.74. The molecule has 272 valence electrons. The molecule has 1 unspecified atom stereocenters. The minimum Gasteiger partial charge on any atom is -0.496 e. The lowest BCUT2D eigenvalue weighted by molar-refractivity contribution is -0.136. The molecule has 8 rings (SSSR count). The maximum absolute atomic E-state index is 14.0. The number of benzene rings is 2. The average Bonchev–Trinajstić information content (AvgIpc) is 3.67. The Bertz CT molecular complexity index is 2240. The first-order valence-corrected chi connectivity index (χ1v) is 17.6. The van der Waals surface area contributed by atoms with Crippen molar-refractivity contribution >= 4 is 40.3 Å². The zero-order chi connectivity index (χ0) is 37.1. The smallest absolute Gasteiger partial charge is 0.262 e. The molecule has 2 aromatic heterocycles. The summed E-state index contributed by atoms with van der Waals surface area (Å²) < 4.78 is 13.0. The molecule has 1 atom stereocenters. The number of aryl methyl sites for hydroxylation is 1. The number of imide groups is 2. The van der Waals surface area contributed by atoms with Crippen LogP contribution in [-0.4, -0.2) is 93.7 Å². The van der Waals surface area contributed by atoms with E-state index in [-0.39, 0.29) is 24.3 Å². The van der Waals surface area contributed by atoms with E-state index in [0.717, 1.165) is 51.9 Å². The molecule has 53 heavy (non-hydrogen) atoms. The number of amides is 5. The number of hydrogen-bond acceptors (Lipinski definition) is 10. The summed E-state index contributed by atoms with van der Waals surface area (Å²) in [6.45, 7) is 3.18. The van der Waals surface area contributed by atoms with E-state index in [0.29, 0.717) is 65.7 Å². The largest absolute Gasteiger partial charge is 0.496 e. The van der Waals surface area contributed by atoms with Crippen molar-refractivity contribution in [3.05, 3.63) is 87.1 Å². The van der Waals surface area contributed by atoms with Crippen LogP contribution in [0.25, 0.3) is 21.9 Å². The minimum absolute atomic E-state index is 0.0770. The Morgan fingerprint density at radius 1 is 0.868 bits per heavy atom. The Kier molecular flexibility index (Phi) is 8.56. The number of fused-ring (bicyclic) bond motifs is 3. The molecule has 6 heterocycles. The molecule has 5 amide bonds. The number of pyridine rings is 2. The van der Waals surface area contributed by atoms with Crippen molar-refractivity contribution in [1.82, 2.24) is 29.6 Å². The number of aromatic nitrogens is 2. The SMILES string of the molecule is COc1cc(-c2cn(C)c(=O)c3cnccc23)cc(OC)c1C(=O)N1CCC(CN2Cc3cc4c(cc3C2)C(=O)N(C2CCC(=O)NC2=O)C4=O)CC1. The van der Waals surface area contributed by atoms with Gasteiger partial charge < -0.3 is 18.9 Å². The number of carbonyl (C=O) groups excluding carboxylic acids is 5. The monoisotopic (exact) mass is 718 g/mol. The molecule has 4 aromatic rings. The Balaban J connectivity index is 0.932. The van der Waals surface area contributed by atoms with Gasteiger partial charge in [-0.15, -0.1) is 0 Å². The third kappa shape index (κ3) is 5.82. The van der Waals surface area contributed by atoms with Crippen molar-refractivity contribution in [3.8, 4) is 22.6 Å². The summed E-state index contributed by atoms with van der Waals surface area (Å²) in [5.74, 6) is -1.12. The number of likely N-dealkylation sites (tertiary alicyclic amines) is 1. The summed E-state index contributed by atoms with van der Waals surface area (Å²) in [6, 6.07) is 7.97. The first-order valence-electron chi connectivity index (χ1n) is 17.6. The third-order valence-corrected chi connectivity index (χ3v) is 11.0. The van der Waals surface area contributed by atoms with Crippen LogP contribution in [0.2, 0.25) is 0 Å². The minimum atomic E-state index is -0.989. The van der Waals surface area contributed by atoms with Gasteiger partial charge in [-0.25, -0.2) is 0 Å². The first kappa shape index (κ1) is 34.2. The second kappa shape index (κ2) is 13.3. The van der Waals surface area contributed by atoms with Gasteiger partial charge in [-0.3, -0.25) is 48.9 Å². The van der Waals surface area contributed by atoms with Crippen molar-refractivity contribution in [3.63, 3.8) is 0 Å². The van der Waals surface area contributed by atoms with Gasteiger partial charge in [0.05, 0.1) is 30.7 Å². The van der Waals surface area contributed by atoms with Gasteiger partial charge in [0, 0.05) is 70.3 Å². The van der Waals surface area contributed by atoms with Gasteiger partial charge >= 0.3 is 0 Å². The molecule has 2 saturated heterocycles. The lowest BCUT2D eigenvalue weighted by Crippen LogP contribution is -2.54. The van der Waals surface area contributed by atoms with Crippen LogP contribution in [0.15, 0.2) is 53.7 Å². The van der Waals surface area contributed by atoms with E-state index in [1.165, 1.54) is 18.8 Å². The molecule has 0 spiro atoms. The number of carbonyl (C=O) groups is 5. The van der Waals surface area contributed by atoms with Gasteiger partial charge in [0.25, 0.3) is 23.3 Å². The zero-order valence-electron chi connectivity index (χ0n) is 29.6. The highest BCUT2D eigenvalue weighted by atomic mass is 16.5. The number of nitrogens with zero attached hydrogens (tertiary/aromatic N) is 5. The van der Waals surface area contributed by atoms with Crippen molar-refractivity contribution in [2.45, 2.75) is 44.8 Å². The number of rotatable bonds is 7. The van der Waals surface area contributed by atoms with Crippen LogP contribution < -0.4 is 20.3 Å². The fourth-order valence-corrected chi connectivity index (χ4v) is 8.23. The van der Waals surface area contributed by atoms with Crippen molar-refractivity contribution < 1.29 is 33.4 Å². The average molecular weight is 719 g/mol. The molecule has 14 heteroatoms. The molecule has 4 aliphatic rings. The Hall–Kier alpha value is -5.89. The van der Waals surface area contributed by atoms with Crippen LogP contribution in [0.5, 0.6) is 11.5 Å². The van der Waals surface area contributed by atoms with Crippen molar-refractivity contribution in [2.75, 3.05) is 33.9 Å². The van der Waals surface area contributed by atoms with Crippen LogP contribution >= 0.6 is 0 Å². The summed E-state index contributed by atoms with van der Waals surface area (Å²) in [4.78, 5) is 86.7. The van der Waals surface area contributed by atoms with E-state index in [2.05, 4.69) is 15.2 Å². The van der Waals surface area contributed by atoms with Gasteiger partial charge in [0.2, 0.25) is 11.8 Å². The Morgan fingerprint density at radius 2 is 1.51 bits per heavy atom. The second-order valence-corrected chi connectivity index (χ2v) is 14.2. The fourth-order valence-electron chi connectivity index (χ4n) is 8.23. The number of hydrogen-bond donors (Lipinski definition) is 1. The van der Waals surface area contributed by atoms with Gasteiger partial charge in [0.1, 0.15) is 23.1 Å². The fraction of sp³-hybridized carbons (Fsp3) is 0.359. The van der Waals surface area contributed by atoms with E-state index in [1.807, 2.05) is 4.90 Å². The van der Waals surface area contributed by atoms with E-state index >= 15 is 0 Å². The lowest BCUT2D eigenvalue weighted by Gasteiger charge is -2.34. The lowest BCUT2D eigenvalue weighted by atomic mass is 9.95. The normalized spacial score (nSPS) is 19.1. The van der Waals surface area contributed by atoms with E-state index in [1.54, 1.807) is 56.0 Å². The predicted molar refractivity (Wildman–Crippen MR) is 191 cm³/mol. The van der Waals surface area contributed by atoms with Gasteiger partial charge in [0.15, 0.2) is 0 Å². The van der Waals surface area contributed by atoms with Gasteiger partial charge in [-0.2, -0.15) is 0 Å². The third-order valence-electron chi connectivity index (χ3n) is 11.0. The predicted octanol–water partition coefficient (Wildman–Crippen LogP) is 2.89. The molecule has 14 nitrogen and oxygen atoms in total. The summed E-state index contributed by atoms with van der Waals surface area (Å²) in [5.41, 5.74) is 4.25. The van der Waals surface area contributed by atoms with Gasteiger partial charge in [-0.05, 0) is 77.6 Å². The summed E-state index contributed by atoms with van der Waals surface area (Å²) in [7, 11) is 4.73. The van der Waals surface area contributed by atoms with Crippen LogP contribution in [0.1, 0.15) is 67.9 Å². The molecule has 4 aliphatic heterocycles. The maximum atomic E-state index is 14.0. The maximum Gasteiger partial charge on any atom is 0.262 e. The molecule has 2 aromatic carbocycles. The highest BCUT2D eigenvalue weighted by molar-refractivity contribution is 6.23. The molecule has 2 fully saturated rings. The Morgan fingerprint density at radius 3 is 2.11 bits per heavy atom. The van der Waals surface area contributed by atoms with Crippen molar-refractivity contribution in [2.24, 2.45) is 13.0 Å². The molecule has 0 aliphatic carbocycles.